The van der Waals surface area contributed by atoms with Gasteiger partial charge in [0, 0.05) is 19.5 Å². The van der Waals surface area contributed by atoms with Crippen LogP contribution in [0.3, 0.4) is 0 Å². The highest BCUT2D eigenvalue weighted by atomic mass is 16.6. The van der Waals surface area contributed by atoms with E-state index in [9.17, 15) is 14.7 Å². The molecule has 1 aromatic carbocycles. The third-order valence-electron chi connectivity index (χ3n) is 6.21. The number of ether oxygens (including phenoxy) is 1. The van der Waals surface area contributed by atoms with Gasteiger partial charge in [-0.3, -0.25) is 9.69 Å². The largest absolute Gasteiger partial charge is 0.444 e. The highest BCUT2D eigenvalue weighted by Crippen LogP contribution is 2.36. The lowest BCUT2D eigenvalue weighted by atomic mass is 9.77. The number of nitrogens with zero attached hydrogens (tertiary/aromatic N) is 2. The molecule has 3 rings (SSSR count). The molecular weight excluding hydrogens is 392 g/mol. The predicted molar refractivity (Wildman–Crippen MR) is 121 cm³/mol. The van der Waals surface area contributed by atoms with Crippen molar-refractivity contribution >= 4 is 12.0 Å². The van der Waals surface area contributed by atoms with E-state index >= 15 is 0 Å². The highest BCUT2D eigenvalue weighted by Gasteiger charge is 2.43. The van der Waals surface area contributed by atoms with E-state index in [-0.39, 0.29) is 24.3 Å². The molecule has 1 N–H and O–H groups in total. The molecule has 2 aliphatic heterocycles. The first-order valence-electron chi connectivity index (χ1n) is 11.4. The number of carbonyl (C=O) groups is 2. The van der Waals surface area contributed by atoms with Crippen LogP contribution in [0.2, 0.25) is 0 Å². The van der Waals surface area contributed by atoms with E-state index < -0.39 is 23.8 Å². The van der Waals surface area contributed by atoms with Crippen LogP contribution < -0.4 is 0 Å². The van der Waals surface area contributed by atoms with Crippen molar-refractivity contribution in [3.8, 4) is 0 Å². The standard InChI is InChI=1S/C25H38N2O4/c1-24(2,3)20-10-8-7-9-19(20)17-11-13-26(14-12-17)22(29)21-15-18(28)16-27(21)23(30)31-25(4,5)6/h7-10,17-18,21,28H,11-16H2,1-6H3. The summed E-state index contributed by atoms with van der Waals surface area (Å²) in [5.41, 5.74) is 2.19. The van der Waals surface area contributed by atoms with Crippen molar-refractivity contribution in [3.05, 3.63) is 35.4 Å². The van der Waals surface area contributed by atoms with Crippen molar-refractivity contribution in [1.82, 2.24) is 9.80 Å². The summed E-state index contributed by atoms with van der Waals surface area (Å²) in [5, 5.41) is 10.1. The van der Waals surface area contributed by atoms with Gasteiger partial charge in [-0.05, 0) is 56.1 Å². The average molecular weight is 431 g/mol. The predicted octanol–water partition coefficient (Wildman–Crippen LogP) is 4.06. The average Bonchev–Trinajstić information content (AvgIpc) is 3.07. The van der Waals surface area contributed by atoms with Crippen LogP contribution in [0, 0.1) is 0 Å². The van der Waals surface area contributed by atoms with Gasteiger partial charge in [0.15, 0.2) is 0 Å². The van der Waals surface area contributed by atoms with Crippen molar-refractivity contribution in [2.24, 2.45) is 0 Å². The van der Waals surface area contributed by atoms with Crippen LogP contribution in [0.1, 0.15) is 77.8 Å². The molecule has 1 aromatic rings. The Kier molecular flexibility index (Phi) is 6.70. The summed E-state index contributed by atoms with van der Waals surface area (Å²) in [6.45, 7) is 13.6. The van der Waals surface area contributed by atoms with Crippen molar-refractivity contribution in [2.75, 3.05) is 19.6 Å². The Morgan fingerprint density at radius 1 is 1.03 bits per heavy atom. The maximum absolute atomic E-state index is 13.3. The first kappa shape index (κ1) is 23.6. The Balaban J connectivity index is 1.67. The second-order valence-electron chi connectivity index (χ2n) is 11.0. The zero-order valence-corrected chi connectivity index (χ0v) is 19.9. The summed E-state index contributed by atoms with van der Waals surface area (Å²) in [6.07, 6.45) is 0.848. The molecule has 2 amide bonds. The minimum Gasteiger partial charge on any atom is -0.444 e. The van der Waals surface area contributed by atoms with Gasteiger partial charge in [0.1, 0.15) is 11.6 Å². The Labute approximate surface area is 186 Å². The van der Waals surface area contributed by atoms with E-state index in [0.717, 1.165) is 12.8 Å². The van der Waals surface area contributed by atoms with E-state index in [0.29, 0.717) is 19.0 Å². The topological polar surface area (TPSA) is 70.1 Å². The maximum atomic E-state index is 13.3. The van der Waals surface area contributed by atoms with Crippen molar-refractivity contribution in [1.29, 1.82) is 0 Å². The van der Waals surface area contributed by atoms with E-state index in [4.69, 9.17) is 4.74 Å². The van der Waals surface area contributed by atoms with E-state index in [1.807, 2.05) is 4.90 Å². The number of amides is 2. The van der Waals surface area contributed by atoms with Gasteiger partial charge in [-0.15, -0.1) is 0 Å². The Hall–Kier alpha value is -2.08. The minimum absolute atomic E-state index is 0.0787. The third kappa shape index (κ3) is 5.59. The molecule has 6 heteroatoms. The smallest absolute Gasteiger partial charge is 0.411 e. The van der Waals surface area contributed by atoms with Crippen LogP contribution in [0.15, 0.2) is 24.3 Å². The van der Waals surface area contributed by atoms with Crippen LogP contribution in [0.5, 0.6) is 0 Å². The monoisotopic (exact) mass is 430 g/mol. The van der Waals surface area contributed by atoms with Crippen LogP contribution in [0.25, 0.3) is 0 Å². The Morgan fingerprint density at radius 3 is 2.23 bits per heavy atom. The number of hydrogen-bond acceptors (Lipinski definition) is 4. The molecule has 0 saturated carbocycles. The molecule has 0 radical (unpaired) electrons. The Bertz CT molecular complexity index is 800. The number of aliphatic hydroxyl groups excluding tert-OH is 1. The van der Waals surface area contributed by atoms with Gasteiger partial charge in [-0.25, -0.2) is 4.79 Å². The Morgan fingerprint density at radius 2 is 1.65 bits per heavy atom. The SMILES string of the molecule is CC(C)(C)OC(=O)N1CC(O)CC1C(=O)N1CCC(c2ccccc2C(C)(C)C)CC1. The molecule has 6 nitrogen and oxygen atoms in total. The number of carbonyl (C=O) groups excluding carboxylic acids is 2. The van der Waals surface area contributed by atoms with Crippen molar-refractivity contribution in [2.45, 2.75) is 89.9 Å². The van der Waals surface area contributed by atoms with Crippen LogP contribution in [0.4, 0.5) is 4.79 Å². The van der Waals surface area contributed by atoms with Gasteiger partial charge in [0.25, 0.3) is 0 Å². The molecular formula is C25H38N2O4. The van der Waals surface area contributed by atoms with Crippen LogP contribution in [-0.4, -0.2) is 64.3 Å². The van der Waals surface area contributed by atoms with Gasteiger partial charge < -0.3 is 14.7 Å². The molecule has 2 heterocycles. The van der Waals surface area contributed by atoms with Crippen LogP contribution in [-0.2, 0) is 14.9 Å². The van der Waals surface area contributed by atoms with Crippen molar-refractivity contribution in [3.63, 3.8) is 0 Å². The fourth-order valence-electron chi connectivity index (χ4n) is 4.73. The third-order valence-corrected chi connectivity index (χ3v) is 6.21. The van der Waals surface area contributed by atoms with Gasteiger partial charge >= 0.3 is 6.09 Å². The molecule has 2 aliphatic rings. The maximum Gasteiger partial charge on any atom is 0.411 e. The summed E-state index contributed by atoms with van der Waals surface area (Å²) in [7, 11) is 0. The molecule has 2 atom stereocenters. The minimum atomic E-state index is -0.697. The second-order valence-corrected chi connectivity index (χ2v) is 11.0. The second kappa shape index (κ2) is 8.81. The molecule has 2 fully saturated rings. The van der Waals surface area contributed by atoms with Gasteiger partial charge in [-0.2, -0.15) is 0 Å². The number of benzene rings is 1. The summed E-state index contributed by atoms with van der Waals surface area (Å²) in [6, 6.07) is 7.98. The summed E-state index contributed by atoms with van der Waals surface area (Å²) in [5.74, 6) is 0.348. The number of rotatable bonds is 2. The number of likely N-dealkylation sites (tertiary alicyclic amines) is 2. The summed E-state index contributed by atoms with van der Waals surface area (Å²) < 4.78 is 5.46. The van der Waals surface area contributed by atoms with Gasteiger partial charge in [0.2, 0.25) is 5.91 Å². The zero-order chi connectivity index (χ0) is 23.0. The lowest BCUT2D eigenvalue weighted by molar-refractivity contribution is -0.137. The van der Waals surface area contributed by atoms with Crippen molar-refractivity contribution < 1.29 is 19.4 Å². The molecule has 31 heavy (non-hydrogen) atoms. The highest BCUT2D eigenvalue weighted by molar-refractivity contribution is 5.86. The molecule has 2 saturated heterocycles. The van der Waals surface area contributed by atoms with E-state index in [1.54, 1.807) is 20.8 Å². The van der Waals surface area contributed by atoms with E-state index in [1.165, 1.54) is 16.0 Å². The summed E-state index contributed by atoms with van der Waals surface area (Å²) in [4.78, 5) is 29.1. The van der Waals surface area contributed by atoms with Crippen LogP contribution >= 0.6 is 0 Å². The fourth-order valence-corrected chi connectivity index (χ4v) is 4.73. The molecule has 0 aliphatic carbocycles. The molecule has 0 aromatic heterocycles. The first-order chi connectivity index (χ1) is 14.4. The molecule has 0 bridgehead atoms. The number of piperidine rings is 1. The zero-order valence-electron chi connectivity index (χ0n) is 19.9. The molecule has 2 unspecified atom stereocenters. The first-order valence-corrected chi connectivity index (χ1v) is 11.4. The summed E-state index contributed by atoms with van der Waals surface area (Å²) >= 11 is 0. The number of aliphatic hydroxyl groups is 1. The lowest BCUT2D eigenvalue weighted by Crippen LogP contribution is -2.50. The number of hydrogen-bond donors (Lipinski definition) is 1. The fraction of sp³-hybridized carbons (Fsp3) is 0.680. The molecule has 172 valence electrons. The quantitative estimate of drug-likeness (QED) is 0.768. The lowest BCUT2D eigenvalue weighted by Gasteiger charge is -2.37. The normalized spacial score (nSPS) is 23.2. The van der Waals surface area contributed by atoms with Gasteiger partial charge in [0.05, 0.1) is 12.6 Å². The number of β-amino-alcohol motifs (C(OH)–C–C–N with tert-alkyl or cyclic N) is 1. The van der Waals surface area contributed by atoms with Gasteiger partial charge in [-0.1, -0.05) is 45.0 Å². The van der Waals surface area contributed by atoms with E-state index in [2.05, 4.69) is 45.0 Å². The molecule has 0 spiro atoms.